The molecule has 0 radical (unpaired) electrons. The first-order valence-electron chi connectivity index (χ1n) is 9.25. The van der Waals surface area contributed by atoms with Crippen LogP contribution in [-0.2, 0) is 16.1 Å². The number of ether oxygens (including phenoxy) is 1. The predicted octanol–water partition coefficient (Wildman–Crippen LogP) is 1.54. The smallest absolute Gasteiger partial charge is 0.317 e. The molecule has 0 spiro atoms. The second kappa shape index (κ2) is 9.00. The van der Waals surface area contributed by atoms with Crippen LogP contribution in [0.15, 0.2) is 30.3 Å². The van der Waals surface area contributed by atoms with Gasteiger partial charge in [0, 0.05) is 38.8 Å². The van der Waals surface area contributed by atoms with E-state index in [1.165, 1.54) is 5.56 Å². The summed E-state index contributed by atoms with van der Waals surface area (Å²) in [6.45, 7) is 4.11. The predicted molar refractivity (Wildman–Crippen MR) is 96.8 cm³/mol. The van der Waals surface area contributed by atoms with Crippen molar-refractivity contribution in [2.45, 2.75) is 38.0 Å². The molecule has 2 fully saturated rings. The van der Waals surface area contributed by atoms with E-state index in [4.69, 9.17) is 9.84 Å². The minimum atomic E-state index is -0.900. The average molecular weight is 361 g/mol. The lowest BCUT2D eigenvalue weighted by molar-refractivity contribution is -0.141. The molecule has 142 valence electrons. The second-order valence-corrected chi connectivity index (χ2v) is 7.02. The largest absolute Gasteiger partial charge is 0.481 e. The summed E-state index contributed by atoms with van der Waals surface area (Å²) < 4.78 is 5.42. The lowest BCUT2D eigenvalue weighted by Gasteiger charge is -2.36. The topological polar surface area (TPSA) is 82.1 Å². The number of hydrogen-bond donors (Lipinski definition) is 2. The maximum atomic E-state index is 12.5. The molecule has 1 unspecified atom stereocenters. The third-order valence-electron chi connectivity index (χ3n) is 4.99. The zero-order valence-electron chi connectivity index (χ0n) is 15.0. The highest BCUT2D eigenvalue weighted by molar-refractivity contribution is 5.75. The Morgan fingerprint density at radius 2 is 1.88 bits per heavy atom. The molecule has 2 aliphatic heterocycles. The van der Waals surface area contributed by atoms with Crippen molar-refractivity contribution in [3.8, 4) is 0 Å². The minimum absolute atomic E-state index is 0.0678. The number of aliphatic carboxylic acids is 1. The second-order valence-electron chi connectivity index (χ2n) is 7.02. The molecule has 0 aromatic heterocycles. The molecule has 0 saturated carbocycles. The number of carboxylic acid groups (broad SMARTS) is 1. The van der Waals surface area contributed by atoms with E-state index in [0.29, 0.717) is 19.7 Å². The van der Waals surface area contributed by atoms with Crippen LogP contribution < -0.4 is 5.32 Å². The Hall–Kier alpha value is -2.12. The van der Waals surface area contributed by atoms with Gasteiger partial charge >= 0.3 is 12.0 Å². The number of carboxylic acids is 1. The van der Waals surface area contributed by atoms with Crippen molar-refractivity contribution in [1.82, 2.24) is 15.1 Å². The number of nitrogens with zero attached hydrogens (tertiary/aromatic N) is 2. The summed E-state index contributed by atoms with van der Waals surface area (Å²) in [5.74, 6) is -0.900. The van der Waals surface area contributed by atoms with E-state index in [-0.39, 0.29) is 18.5 Å². The standard InChI is InChI=1S/C19H27N3O4/c23-18(24)12-17-14-22(10-11-26-17)19(25)20-16-6-8-21(9-7-16)13-15-4-2-1-3-5-15/h1-5,16-17H,6-14H2,(H,20,25)(H,23,24). The molecule has 3 rings (SSSR count). The van der Waals surface area contributed by atoms with Gasteiger partial charge in [0.25, 0.3) is 0 Å². The number of piperidine rings is 1. The van der Waals surface area contributed by atoms with Crippen LogP contribution in [0.25, 0.3) is 0 Å². The van der Waals surface area contributed by atoms with Crippen LogP contribution in [0.1, 0.15) is 24.8 Å². The van der Waals surface area contributed by atoms with Crippen molar-refractivity contribution in [3.05, 3.63) is 35.9 Å². The fraction of sp³-hybridized carbons (Fsp3) is 0.579. The van der Waals surface area contributed by atoms with Crippen molar-refractivity contribution < 1.29 is 19.4 Å². The first-order chi connectivity index (χ1) is 12.6. The Kier molecular flexibility index (Phi) is 6.46. The van der Waals surface area contributed by atoms with Crippen molar-refractivity contribution >= 4 is 12.0 Å². The summed E-state index contributed by atoms with van der Waals surface area (Å²) >= 11 is 0. The third kappa shape index (κ3) is 5.44. The van der Waals surface area contributed by atoms with Gasteiger partial charge in [-0.15, -0.1) is 0 Å². The number of carbonyl (C=O) groups excluding carboxylic acids is 1. The van der Waals surface area contributed by atoms with Gasteiger partial charge in [-0.1, -0.05) is 30.3 Å². The molecular formula is C19H27N3O4. The molecule has 2 aliphatic rings. The normalized spacial score (nSPS) is 22.2. The Morgan fingerprint density at radius 1 is 1.15 bits per heavy atom. The van der Waals surface area contributed by atoms with Crippen molar-refractivity contribution in [2.24, 2.45) is 0 Å². The third-order valence-corrected chi connectivity index (χ3v) is 4.99. The Bertz CT molecular complexity index is 602. The summed E-state index contributed by atoms with van der Waals surface area (Å²) in [4.78, 5) is 27.4. The molecule has 1 aromatic carbocycles. The summed E-state index contributed by atoms with van der Waals surface area (Å²) in [6, 6.07) is 10.5. The first kappa shape index (κ1) is 18.7. The van der Waals surface area contributed by atoms with Crippen molar-refractivity contribution in [2.75, 3.05) is 32.8 Å². The van der Waals surface area contributed by atoms with E-state index < -0.39 is 12.1 Å². The van der Waals surface area contributed by atoms with Crippen LogP contribution in [0, 0.1) is 0 Å². The number of rotatable bonds is 5. The van der Waals surface area contributed by atoms with Gasteiger partial charge in [0.1, 0.15) is 0 Å². The van der Waals surface area contributed by atoms with Crippen LogP contribution in [-0.4, -0.2) is 71.8 Å². The highest BCUT2D eigenvalue weighted by atomic mass is 16.5. The number of carbonyl (C=O) groups is 2. The molecule has 7 heteroatoms. The summed E-state index contributed by atoms with van der Waals surface area (Å²) in [5.41, 5.74) is 1.31. The SMILES string of the molecule is O=C(O)CC1CN(C(=O)NC2CCN(Cc3ccccc3)CC2)CCO1. The molecule has 0 aliphatic carbocycles. The van der Waals surface area contributed by atoms with E-state index in [1.54, 1.807) is 4.90 Å². The molecule has 2 heterocycles. The van der Waals surface area contributed by atoms with E-state index in [2.05, 4.69) is 34.5 Å². The molecule has 2 N–H and O–H groups in total. The number of morpholine rings is 1. The Balaban J connectivity index is 1.41. The highest BCUT2D eigenvalue weighted by Gasteiger charge is 2.28. The number of urea groups is 1. The maximum absolute atomic E-state index is 12.5. The fourth-order valence-corrected chi connectivity index (χ4v) is 3.57. The molecule has 1 atom stereocenters. The molecule has 0 bridgehead atoms. The monoisotopic (exact) mass is 361 g/mol. The summed E-state index contributed by atoms with van der Waals surface area (Å²) in [5, 5.41) is 12.0. The van der Waals surface area contributed by atoms with Gasteiger partial charge in [-0.3, -0.25) is 9.69 Å². The number of likely N-dealkylation sites (tertiary alicyclic amines) is 1. The zero-order chi connectivity index (χ0) is 18.4. The van der Waals surface area contributed by atoms with Crippen LogP contribution >= 0.6 is 0 Å². The van der Waals surface area contributed by atoms with Crippen LogP contribution in [0.4, 0.5) is 4.79 Å². The lowest BCUT2D eigenvalue weighted by atomic mass is 10.0. The number of amides is 2. The van der Waals surface area contributed by atoms with Gasteiger partial charge in [0.2, 0.25) is 0 Å². The van der Waals surface area contributed by atoms with Gasteiger partial charge in [-0.2, -0.15) is 0 Å². The Morgan fingerprint density at radius 3 is 2.58 bits per heavy atom. The van der Waals surface area contributed by atoms with Gasteiger partial charge < -0.3 is 20.1 Å². The quantitative estimate of drug-likeness (QED) is 0.831. The Labute approximate surface area is 153 Å². The fourth-order valence-electron chi connectivity index (χ4n) is 3.57. The lowest BCUT2D eigenvalue weighted by Crippen LogP contribution is -2.53. The highest BCUT2D eigenvalue weighted by Crippen LogP contribution is 2.15. The number of nitrogens with one attached hydrogen (secondary N) is 1. The summed E-state index contributed by atoms with van der Waals surface area (Å²) in [7, 11) is 0. The van der Waals surface area contributed by atoms with Gasteiger partial charge in [0.15, 0.2) is 0 Å². The number of benzene rings is 1. The molecule has 7 nitrogen and oxygen atoms in total. The van der Waals surface area contributed by atoms with E-state index in [1.807, 2.05) is 6.07 Å². The van der Waals surface area contributed by atoms with Crippen LogP contribution in [0.2, 0.25) is 0 Å². The summed E-state index contributed by atoms with van der Waals surface area (Å²) in [6.07, 6.45) is 1.38. The van der Waals surface area contributed by atoms with Crippen molar-refractivity contribution in [3.63, 3.8) is 0 Å². The van der Waals surface area contributed by atoms with E-state index in [0.717, 1.165) is 32.5 Å². The molecule has 26 heavy (non-hydrogen) atoms. The molecule has 1 aromatic rings. The van der Waals surface area contributed by atoms with E-state index >= 15 is 0 Å². The molecular weight excluding hydrogens is 334 g/mol. The van der Waals surface area contributed by atoms with Gasteiger partial charge in [-0.25, -0.2) is 4.79 Å². The van der Waals surface area contributed by atoms with Gasteiger partial charge in [-0.05, 0) is 18.4 Å². The molecule has 2 amide bonds. The maximum Gasteiger partial charge on any atom is 0.317 e. The average Bonchev–Trinajstić information content (AvgIpc) is 2.64. The zero-order valence-corrected chi connectivity index (χ0v) is 15.0. The minimum Gasteiger partial charge on any atom is -0.481 e. The first-order valence-corrected chi connectivity index (χ1v) is 9.25. The molecule has 2 saturated heterocycles. The van der Waals surface area contributed by atoms with Crippen molar-refractivity contribution in [1.29, 1.82) is 0 Å². The van der Waals surface area contributed by atoms with Crippen LogP contribution in [0.3, 0.4) is 0 Å². The van der Waals surface area contributed by atoms with E-state index in [9.17, 15) is 9.59 Å². The number of hydrogen-bond acceptors (Lipinski definition) is 4. The van der Waals surface area contributed by atoms with Crippen LogP contribution in [0.5, 0.6) is 0 Å². The van der Waals surface area contributed by atoms with Gasteiger partial charge in [0.05, 0.1) is 19.1 Å².